The van der Waals surface area contributed by atoms with Crippen LogP contribution < -0.4 is 5.32 Å². The van der Waals surface area contributed by atoms with Crippen molar-refractivity contribution in [1.29, 1.82) is 0 Å². The van der Waals surface area contributed by atoms with Crippen LogP contribution in [0.1, 0.15) is 48.9 Å². The molecule has 0 radical (unpaired) electrons. The van der Waals surface area contributed by atoms with Crippen LogP contribution in [0.4, 0.5) is 0 Å². The SMILES string of the molecule is Cn1cc([C@@H]2CCCN2CC(=O)N[C@@H](c2ccccc2)C2CC2)cn1. The number of hydrogen-bond donors (Lipinski definition) is 1. The minimum Gasteiger partial charge on any atom is -0.348 e. The maximum absolute atomic E-state index is 12.7. The van der Waals surface area contributed by atoms with E-state index in [4.69, 9.17) is 0 Å². The van der Waals surface area contributed by atoms with Gasteiger partial charge in [-0.3, -0.25) is 14.4 Å². The summed E-state index contributed by atoms with van der Waals surface area (Å²) in [6, 6.07) is 10.8. The monoisotopic (exact) mass is 338 g/mol. The zero-order chi connectivity index (χ0) is 17.2. The van der Waals surface area contributed by atoms with Crippen LogP contribution in [0.25, 0.3) is 0 Å². The molecule has 2 heterocycles. The highest BCUT2D eigenvalue weighted by molar-refractivity contribution is 5.78. The Morgan fingerprint density at radius 2 is 2.08 bits per heavy atom. The van der Waals surface area contributed by atoms with E-state index in [0.29, 0.717) is 18.5 Å². The van der Waals surface area contributed by atoms with Crippen LogP contribution in [-0.4, -0.2) is 33.7 Å². The molecule has 1 aliphatic heterocycles. The van der Waals surface area contributed by atoms with Crippen molar-refractivity contribution < 1.29 is 4.79 Å². The summed E-state index contributed by atoms with van der Waals surface area (Å²) in [5.41, 5.74) is 2.44. The molecule has 1 saturated carbocycles. The van der Waals surface area contributed by atoms with Crippen molar-refractivity contribution in [2.24, 2.45) is 13.0 Å². The van der Waals surface area contributed by atoms with Crippen molar-refractivity contribution in [2.45, 2.75) is 37.8 Å². The topological polar surface area (TPSA) is 50.2 Å². The van der Waals surface area contributed by atoms with Gasteiger partial charge in [-0.05, 0) is 43.7 Å². The number of hydrogen-bond acceptors (Lipinski definition) is 3. The maximum atomic E-state index is 12.7. The lowest BCUT2D eigenvalue weighted by Gasteiger charge is -2.25. The lowest BCUT2D eigenvalue weighted by Crippen LogP contribution is -2.39. The van der Waals surface area contributed by atoms with E-state index in [1.165, 1.54) is 24.0 Å². The number of amides is 1. The lowest BCUT2D eigenvalue weighted by atomic mass is 10.0. The molecular formula is C20H26N4O. The Morgan fingerprint density at radius 3 is 2.76 bits per heavy atom. The first-order chi connectivity index (χ1) is 12.2. The quantitative estimate of drug-likeness (QED) is 0.881. The van der Waals surface area contributed by atoms with E-state index in [0.717, 1.165) is 19.4 Å². The smallest absolute Gasteiger partial charge is 0.234 e. The van der Waals surface area contributed by atoms with Gasteiger partial charge < -0.3 is 5.32 Å². The van der Waals surface area contributed by atoms with Gasteiger partial charge in [0.05, 0.1) is 18.8 Å². The first kappa shape index (κ1) is 16.3. The van der Waals surface area contributed by atoms with Crippen LogP contribution in [0, 0.1) is 5.92 Å². The second-order valence-electron chi connectivity index (χ2n) is 7.37. The highest BCUT2D eigenvalue weighted by Crippen LogP contribution is 2.41. The second kappa shape index (κ2) is 7.00. The van der Waals surface area contributed by atoms with Gasteiger partial charge in [0.1, 0.15) is 0 Å². The first-order valence-electron chi connectivity index (χ1n) is 9.27. The fraction of sp³-hybridized carbons (Fsp3) is 0.500. The Bertz CT molecular complexity index is 722. The number of carbonyl (C=O) groups is 1. The summed E-state index contributed by atoms with van der Waals surface area (Å²) >= 11 is 0. The van der Waals surface area contributed by atoms with Crippen molar-refractivity contribution in [3.8, 4) is 0 Å². The van der Waals surface area contributed by atoms with E-state index in [-0.39, 0.29) is 11.9 Å². The van der Waals surface area contributed by atoms with E-state index in [1.807, 2.05) is 24.0 Å². The van der Waals surface area contributed by atoms with Gasteiger partial charge in [-0.25, -0.2) is 0 Å². The summed E-state index contributed by atoms with van der Waals surface area (Å²) in [6.45, 7) is 1.45. The van der Waals surface area contributed by atoms with Crippen molar-refractivity contribution in [2.75, 3.05) is 13.1 Å². The summed E-state index contributed by atoms with van der Waals surface area (Å²) in [7, 11) is 1.94. The minimum absolute atomic E-state index is 0.136. The number of carbonyl (C=O) groups excluding carboxylic acids is 1. The van der Waals surface area contributed by atoms with Gasteiger partial charge in [0.25, 0.3) is 0 Å². The van der Waals surface area contributed by atoms with Crippen LogP contribution in [-0.2, 0) is 11.8 Å². The van der Waals surface area contributed by atoms with Gasteiger partial charge in [0.2, 0.25) is 5.91 Å². The van der Waals surface area contributed by atoms with E-state index in [9.17, 15) is 4.79 Å². The molecule has 2 fully saturated rings. The van der Waals surface area contributed by atoms with E-state index in [1.54, 1.807) is 0 Å². The molecule has 1 aliphatic carbocycles. The van der Waals surface area contributed by atoms with Crippen molar-refractivity contribution >= 4 is 5.91 Å². The number of likely N-dealkylation sites (tertiary alicyclic amines) is 1. The average Bonchev–Trinajstić information content (AvgIpc) is 3.21. The molecule has 0 spiro atoms. The predicted molar refractivity (Wildman–Crippen MR) is 96.8 cm³/mol. The molecule has 1 N–H and O–H groups in total. The Balaban J connectivity index is 1.41. The van der Waals surface area contributed by atoms with Gasteiger partial charge in [-0.15, -0.1) is 0 Å². The molecule has 0 bridgehead atoms. The highest BCUT2D eigenvalue weighted by Gasteiger charge is 2.34. The van der Waals surface area contributed by atoms with Crippen molar-refractivity contribution in [3.63, 3.8) is 0 Å². The molecule has 1 aromatic carbocycles. The molecule has 1 amide bonds. The van der Waals surface area contributed by atoms with Crippen LogP contribution in [0.2, 0.25) is 0 Å². The Labute approximate surface area is 149 Å². The third-order valence-electron chi connectivity index (χ3n) is 5.39. The van der Waals surface area contributed by atoms with Crippen LogP contribution in [0.5, 0.6) is 0 Å². The summed E-state index contributed by atoms with van der Waals surface area (Å²) in [6.07, 6.45) is 8.65. The molecule has 132 valence electrons. The van der Waals surface area contributed by atoms with Gasteiger partial charge >= 0.3 is 0 Å². The van der Waals surface area contributed by atoms with Gasteiger partial charge in [-0.1, -0.05) is 30.3 Å². The molecule has 5 nitrogen and oxygen atoms in total. The number of benzene rings is 1. The van der Waals surface area contributed by atoms with Gasteiger partial charge in [-0.2, -0.15) is 5.10 Å². The highest BCUT2D eigenvalue weighted by atomic mass is 16.2. The second-order valence-corrected chi connectivity index (χ2v) is 7.37. The number of rotatable bonds is 6. The third-order valence-corrected chi connectivity index (χ3v) is 5.39. The third kappa shape index (κ3) is 3.76. The number of nitrogens with one attached hydrogen (secondary N) is 1. The summed E-state index contributed by atoms with van der Waals surface area (Å²) in [5, 5.41) is 7.58. The van der Waals surface area contributed by atoms with Crippen LogP contribution in [0.15, 0.2) is 42.7 Å². The molecule has 2 aromatic rings. The summed E-state index contributed by atoms with van der Waals surface area (Å²) in [5.74, 6) is 0.732. The molecule has 5 heteroatoms. The molecule has 0 unspecified atom stereocenters. The van der Waals surface area contributed by atoms with Crippen LogP contribution >= 0.6 is 0 Å². The van der Waals surface area contributed by atoms with E-state index < -0.39 is 0 Å². The normalized spacial score (nSPS) is 22.0. The van der Waals surface area contributed by atoms with Crippen molar-refractivity contribution in [1.82, 2.24) is 20.0 Å². The van der Waals surface area contributed by atoms with Gasteiger partial charge in [0, 0.05) is 24.8 Å². The van der Waals surface area contributed by atoms with E-state index >= 15 is 0 Å². The molecule has 1 saturated heterocycles. The lowest BCUT2D eigenvalue weighted by molar-refractivity contribution is -0.123. The molecule has 1 aromatic heterocycles. The standard InChI is InChI=1S/C20H26N4O/c1-23-13-17(12-21-23)18-8-5-11-24(18)14-19(25)22-20(16-9-10-16)15-6-3-2-4-7-15/h2-4,6-7,12-13,16,18,20H,5,8-11,14H2,1H3,(H,22,25)/t18-,20-/m0/s1. The zero-order valence-electron chi connectivity index (χ0n) is 14.8. The molecular weight excluding hydrogens is 312 g/mol. The molecule has 2 aliphatic rings. The van der Waals surface area contributed by atoms with Crippen molar-refractivity contribution in [3.05, 3.63) is 53.9 Å². The zero-order valence-corrected chi connectivity index (χ0v) is 14.8. The maximum Gasteiger partial charge on any atom is 0.234 e. The largest absolute Gasteiger partial charge is 0.348 e. The fourth-order valence-corrected chi connectivity index (χ4v) is 3.97. The fourth-order valence-electron chi connectivity index (χ4n) is 3.97. The minimum atomic E-state index is 0.136. The Kier molecular flexibility index (Phi) is 4.57. The first-order valence-corrected chi connectivity index (χ1v) is 9.27. The Hall–Kier alpha value is -2.14. The predicted octanol–water partition coefficient (Wildman–Crippen LogP) is 2.82. The number of aryl methyl sites for hydroxylation is 1. The summed E-state index contributed by atoms with van der Waals surface area (Å²) < 4.78 is 1.84. The van der Waals surface area contributed by atoms with Crippen LogP contribution in [0.3, 0.4) is 0 Å². The number of nitrogens with zero attached hydrogens (tertiary/aromatic N) is 3. The summed E-state index contributed by atoms with van der Waals surface area (Å²) in [4.78, 5) is 15.0. The average molecular weight is 338 g/mol. The molecule has 4 rings (SSSR count). The van der Waals surface area contributed by atoms with E-state index in [2.05, 4.69) is 45.8 Å². The van der Waals surface area contributed by atoms with Gasteiger partial charge in [0.15, 0.2) is 0 Å². The molecule has 2 atom stereocenters. The number of aromatic nitrogens is 2. The Morgan fingerprint density at radius 1 is 1.28 bits per heavy atom. The molecule has 25 heavy (non-hydrogen) atoms.